The number of anilines is 1. The molecule has 1 heterocycles. The van der Waals surface area contributed by atoms with E-state index < -0.39 is 24.5 Å². The van der Waals surface area contributed by atoms with Crippen LogP contribution in [0.15, 0.2) is 48.5 Å². The number of ether oxygens (including phenoxy) is 1. The van der Waals surface area contributed by atoms with Gasteiger partial charge in [-0.25, -0.2) is 4.79 Å². The normalized spacial score (nSPS) is 14.2. The van der Waals surface area contributed by atoms with Crippen LogP contribution in [0.1, 0.15) is 40.5 Å². The van der Waals surface area contributed by atoms with Crippen LogP contribution in [0.25, 0.3) is 11.1 Å². The van der Waals surface area contributed by atoms with Gasteiger partial charge in [-0.15, -0.1) is 5.10 Å². The summed E-state index contributed by atoms with van der Waals surface area (Å²) in [7, 11) is 0. The lowest BCUT2D eigenvalue weighted by molar-refractivity contribution is -0.137. The van der Waals surface area contributed by atoms with Crippen molar-refractivity contribution < 1.29 is 24.2 Å². The van der Waals surface area contributed by atoms with E-state index in [1.165, 1.54) is 4.90 Å². The first kappa shape index (κ1) is 21.6. The van der Waals surface area contributed by atoms with Crippen molar-refractivity contribution in [3.63, 3.8) is 0 Å². The van der Waals surface area contributed by atoms with Crippen LogP contribution in [-0.4, -0.2) is 62.9 Å². The molecule has 0 aliphatic heterocycles. The van der Waals surface area contributed by atoms with Crippen LogP contribution in [0.3, 0.4) is 0 Å². The maximum atomic E-state index is 12.7. The van der Waals surface area contributed by atoms with Crippen molar-refractivity contribution in [1.29, 1.82) is 0 Å². The molecule has 1 aromatic heterocycles. The minimum absolute atomic E-state index is 0.0885. The minimum Gasteiger partial charge on any atom is -0.480 e. The number of carboxylic acid groups (broad SMARTS) is 1. The number of aliphatic carboxylic acids is 1. The van der Waals surface area contributed by atoms with E-state index in [0.29, 0.717) is 12.5 Å². The number of carbonyl (C=O) groups excluding carboxylic acids is 2. The molecular weight excluding hydrogens is 438 g/mol. The summed E-state index contributed by atoms with van der Waals surface area (Å²) in [4.78, 5) is 41.4. The van der Waals surface area contributed by atoms with Crippen LogP contribution in [0, 0.1) is 5.92 Å². The number of rotatable bonds is 8. The number of hydrogen-bond donors (Lipinski definition) is 3. The molecule has 10 heteroatoms. The van der Waals surface area contributed by atoms with E-state index >= 15 is 0 Å². The molecule has 0 spiro atoms. The third-order valence-electron chi connectivity index (χ3n) is 6.03. The number of H-pyrrole nitrogens is 1. The van der Waals surface area contributed by atoms with Gasteiger partial charge in [0.1, 0.15) is 13.2 Å². The summed E-state index contributed by atoms with van der Waals surface area (Å²) in [6, 6.07) is 16.0. The fourth-order valence-corrected chi connectivity index (χ4v) is 4.28. The number of aromatic nitrogens is 3. The van der Waals surface area contributed by atoms with Crippen LogP contribution in [-0.2, 0) is 9.53 Å². The summed E-state index contributed by atoms with van der Waals surface area (Å²) >= 11 is 0. The Morgan fingerprint density at radius 3 is 2.32 bits per heavy atom. The molecule has 3 N–H and O–H groups in total. The summed E-state index contributed by atoms with van der Waals surface area (Å²) in [5.74, 6) is -1.73. The standard InChI is InChI=1S/C24H23N5O5/c30-20(31)12-29(11-14-9-10-14)22(32)21-25-23(28-27-21)26-24(33)34-13-19-17-7-3-1-5-15(17)16-6-2-4-8-18(16)19/h1-8,14,19H,9-13H2,(H,30,31)(H2,25,26,27,28,33). The SMILES string of the molecule is O=C(O)CN(CC1CC1)C(=O)c1nc(NC(=O)OCC2c3ccccc3-c3ccccc32)n[nH]1. The van der Waals surface area contributed by atoms with Gasteiger partial charge in [0.2, 0.25) is 5.82 Å². The Kier molecular flexibility index (Phi) is 5.70. The summed E-state index contributed by atoms with van der Waals surface area (Å²) in [5.41, 5.74) is 4.44. The van der Waals surface area contributed by atoms with Crippen molar-refractivity contribution in [1.82, 2.24) is 20.1 Å². The summed E-state index contributed by atoms with van der Waals surface area (Å²) in [5, 5.41) is 17.8. The predicted octanol–water partition coefficient (Wildman–Crippen LogP) is 3.10. The van der Waals surface area contributed by atoms with Crippen molar-refractivity contribution in [2.75, 3.05) is 25.0 Å². The maximum absolute atomic E-state index is 12.7. The number of nitrogens with zero attached hydrogens (tertiary/aromatic N) is 3. The van der Waals surface area contributed by atoms with Crippen molar-refractivity contribution in [2.24, 2.45) is 5.92 Å². The largest absolute Gasteiger partial charge is 0.480 e. The van der Waals surface area contributed by atoms with E-state index in [1.54, 1.807) is 0 Å². The lowest BCUT2D eigenvalue weighted by atomic mass is 9.98. The summed E-state index contributed by atoms with van der Waals surface area (Å²) < 4.78 is 5.46. The molecular formula is C24H23N5O5. The zero-order chi connectivity index (χ0) is 23.7. The molecule has 1 saturated carbocycles. The Bertz CT molecular complexity index is 1210. The number of amides is 2. The van der Waals surface area contributed by atoms with Crippen LogP contribution in [0.4, 0.5) is 10.7 Å². The molecule has 0 saturated heterocycles. The van der Waals surface area contributed by atoms with Crippen LogP contribution < -0.4 is 5.32 Å². The second-order valence-corrected chi connectivity index (χ2v) is 8.48. The molecule has 2 aliphatic carbocycles. The zero-order valence-corrected chi connectivity index (χ0v) is 18.2. The summed E-state index contributed by atoms with van der Waals surface area (Å²) in [6.07, 6.45) is 1.18. The molecule has 2 aromatic carbocycles. The van der Waals surface area contributed by atoms with Gasteiger partial charge in [-0.2, -0.15) is 4.98 Å². The van der Waals surface area contributed by atoms with Gasteiger partial charge >= 0.3 is 12.1 Å². The minimum atomic E-state index is -1.11. The van der Waals surface area contributed by atoms with Crippen LogP contribution in [0.2, 0.25) is 0 Å². The van der Waals surface area contributed by atoms with E-state index in [-0.39, 0.29) is 24.3 Å². The zero-order valence-electron chi connectivity index (χ0n) is 18.2. The molecule has 3 aromatic rings. The average Bonchev–Trinajstić information content (AvgIpc) is 3.43. The van der Waals surface area contributed by atoms with Crippen molar-refractivity contribution in [2.45, 2.75) is 18.8 Å². The lowest BCUT2D eigenvalue weighted by Gasteiger charge is -2.18. The molecule has 174 valence electrons. The third-order valence-corrected chi connectivity index (χ3v) is 6.03. The van der Waals surface area contributed by atoms with E-state index in [1.807, 2.05) is 36.4 Å². The fraction of sp³-hybridized carbons (Fsp3) is 0.292. The number of benzene rings is 2. The number of aromatic amines is 1. The number of nitrogens with one attached hydrogen (secondary N) is 2. The molecule has 0 unspecified atom stereocenters. The lowest BCUT2D eigenvalue weighted by Crippen LogP contribution is -2.37. The number of carbonyl (C=O) groups is 3. The first-order chi connectivity index (χ1) is 16.5. The smallest absolute Gasteiger partial charge is 0.414 e. The molecule has 5 rings (SSSR count). The van der Waals surface area contributed by atoms with Gasteiger partial charge in [0.15, 0.2) is 0 Å². The highest BCUT2D eigenvalue weighted by Crippen LogP contribution is 2.44. The second kappa shape index (κ2) is 8.97. The molecule has 10 nitrogen and oxygen atoms in total. The Morgan fingerprint density at radius 1 is 1.06 bits per heavy atom. The Morgan fingerprint density at radius 2 is 1.71 bits per heavy atom. The van der Waals surface area contributed by atoms with Gasteiger partial charge in [0.25, 0.3) is 11.9 Å². The van der Waals surface area contributed by atoms with Crippen LogP contribution >= 0.6 is 0 Å². The molecule has 0 bridgehead atoms. The highest BCUT2D eigenvalue weighted by Gasteiger charge is 2.31. The maximum Gasteiger partial charge on any atom is 0.414 e. The van der Waals surface area contributed by atoms with Gasteiger partial charge in [-0.05, 0) is 41.0 Å². The quantitative estimate of drug-likeness (QED) is 0.469. The Labute approximate surface area is 195 Å². The fourth-order valence-electron chi connectivity index (χ4n) is 4.28. The van der Waals surface area contributed by atoms with Gasteiger partial charge in [-0.3, -0.25) is 20.0 Å². The monoisotopic (exact) mass is 461 g/mol. The van der Waals surface area contributed by atoms with Gasteiger partial charge in [0, 0.05) is 12.5 Å². The first-order valence-corrected chi connectivity index (χ1v) is 11.0. The van der Waals surface area contributed by atoms with Crippen molar-refractivity contribution >= 4 is 23.9 Å². The molecule has 0 atom stereocenters. The number of carboxylic acids is 1. The van der Waals surface area contributed by atoms with E-state index in [9.17, 15) is 14.4 Å². The molecule has 2 amide bonds. The first-order valence-electron chi connectivity index (χ1n) is 11.0. The predicted molar refractivity (Wildman–Crippen MR) is 121 cm³/mol. The Balaban J connectivity index is 1.21. The third kappa shape index (κ3) is 4.47. The van der Waals surface area contributed by atoms with Crippen LogP contribution in [0.5, 0.6) is 0 Å². The van der Waals surface area contributed by atoms with Crippen molar-refractivity contribution in [3.05, 3.63) is 65.5 Å². The highest BCUT2D eigenvalue weighted by molar-refractivity contribution is 5.93. The topological polar surface area (TPSA) is 138 Å². The second-order valence-electron chi connectivity index (χ2n) is 8.48. The number of hydrogen-bond acceptors (Lipinski definition) is 6. The van der Waals surface area contributed by atoms with E-state index in [4.69, 9.17) is 9.84 Å². The van der Waals surface area contributed by atoms with Gasteiger partial charge in [-0.1, -0.05) is 48.5 Å². The van der Waals surface area contributed by atoms with Crippen molar-refractivity contribution in [3.8, 4) is 11.1 Å². The average molecular weight is 461 g/mol. The Hall–Kier alpha value is -4.21. The van der Waals surface area contributed by atoms with E-state index in [0.717, 1.165) is 35.1 Å². The molecule has 2 aliphatic rings. The highest BCUT2D eigenvalue weighted by atomic mass is 16.5. The molecule has 34 heavy (non-hydrogen) atoms. The number of fused-ring (bicyclic) bond motifs is 3. The van der Waals surface area contributed by atoms with Gasteiger partial charge in [0.05, 0.1) is 0 Å². The summed E-state index contributed by atoms with van der Waals surface area (Å²) in [6.45, 7) is 0.0516. The molecule has 0 radical (unpaired) electrons. The van der Waals surface area contributed by atoms with E-state index in [2.05, 4.69) is 32.6 Å². The van der Waals surface area contributed by atoms with Gasteiger partial charge < -0.3 is 14.7 Å². The molecule has 1 fully saturated rings.